The van der Waals surface area contributed by atoms with Gasteiger partial charge in [0.05, 0.1) is 0 Å². The van der Waals surface area contributed by atoms with E-state index in [4.69, 9.17) is 0 Å². The number of piperidine rings is 1. The summed E-state index contributed by atoms with van der Waals surface area (Å²) in [6.45, 7) is 2.87. The Kier molecular flexibility index (Phi) is 3.60. The van der Waals surface area contributed by atoms with Crippen molar-refractivity contribution in [1.29, 1.82) is 0 Å². The van der Waals surface area contributed by atoms with Crippen molar-refractivity contribution >= 4 is 5.82 Å². The Morgan fingerprint density at radius 1 is 1.25 bits per heavy atom. The third kappa shape index (κ3) is 2.49. The van der Waals surface area contributed by atoms with Crippen molar-refractivity contribution in [1.82, 2.24) is 20.5 Å². The van der Waals surface area contributed by atoms with Gasteiger partial charge in [-0.2, -0.15) is 0 Å². The first-order valence-corrected chi connectivity index (χ1v) is 7.39. The van der Waals surface area contributed by atoms with Crippen LogP contribution in [0.5, 0.6) is 0 Å². The second-order valence-corrected chi connectivity index (χ2v) is 5.79. The molecule has 3 heterocycles. The van der Waals surface area contributed by atoms with Crippen LogP contribution in [-0.2, 0) is 0 Å². The number of anilines is 1. The zero-order chi connectivity index (χ0) is 14.1. The largest absolute Gasteiger partial charge is 0.348 e. The van der Waals surface area contributed by atoms with Crippen LogP contribution in [0, 0.1) is 0 Å². The molecular formula is C13H21N5O2. The normalized spacial score (nSPS) is 28.6. The van der Waals surface area contributed by atoms with Crippen LogP contribution < -0.4 is 21.5 Å². The molecule has 2 unspecified atom stereocenters. The van der Waals surface area contributed by atoms with Gasteiger partial charge in [0.1, 0.15) is 0 Å². The van der Waals surface area contributed by atoms with E-state index < -0.39 is 11.2 Å². The van der Waals surface area contributed by atoms with Crippen LogP contribution in [0.25, 0.3) is 0 Å². The van der Waals surface area contributed by atoms with Gasteiger partial charge in [-0.3, -0.25) is 9.78 Å². The minimum atomic E-state index is -0.555. The van der Waals surface area contributed by atoms with Gasteiger partial charge in [-0.05, 0) is 32.1 Å². The van der Waals surface area contributed by atoms with Crippen molar-refractivity contribution < 1.29 is 0 Å². The third-order valence-electron chi connectivity index (χ3n) is 4.32. The van der Waals surface area contributed by atoms with Gasteiger partial charge in [-0.25, -0.2) is 9.89 Å². The highest BCUT2D eigenvalue weighted by molar-refractivity contribution is 5.36. The van der Waals surface area contributed by atoms with Crippen LogP contribution in [-0.4, -0.2) is 39.9 Å². The molecule has 0 amide bonds. The maximum absolute atomic E-state index is 12.0. The van der Waals surface area contributed by atoms with Crippen LogP contribution in [0.1, 0.15) is 39.0 Å². The van der Waals surface area contributed by atoms with Crippen molar-refractivity contribution in [2.24, 2.45) is 0 Å². The molecule has 110 valence electrons. The minimum Gasteiger partial charge on any atom is -0.348 e. The maximum Gasteiger partial charge on any atom is 0.342 e. The summed E-state index contributed by atoms with van der Waals surface area (Å²) in [6, 6.07) is 1.44. The molecule has 0 radical (unpaired) electrons. The van der Waals surface area contributed by atoms with E-state index in [-0.39, 0.29) is 0 Å². The summed E-state index contributed by atoms with van der Waals surface area (Å²) in [4.78, 5) is 27.4. The van der Waals surface area contributed by atoms with Gasteiger partial charge in [-0.15, -0.1) is 5.10 Å². The van der Waals surface area contributed by atoms with E-state index in [2.05, 4.69) is 32.3 Å². The predicted octanol–water partition coefficient (Wildman–Crippen LogP) is -0.0424. The van der Waals surface area contributed by atoms with Crippen molar-refractivity contribution in [3.8, 4) is 0 Å². The highest BCUT2D eigenvalue weighted by Gasteiger charge is 2.36. The Hall–Kier alpha value is -1.63. The van der Waals surface area contributed by atoms with Crippen molar-refractivity contribution in [2.75, 3.05) is 11.4 Å². The number of nitrogens with one attached hydrogen (secondary N) is 3. The Morgan fingerprint density at radius 3 is 2.55 bits per heavy atom. The molecule has 1 aromatic heterocycles. The third-order valence-corrected chi connectivity index (χ3v) is 4.32. The molecule has 7 heteroatoms. The lowest BCUT2D eigenvalue weighted by molar-refractivity contribution is 0.344. The van der Waals surface area contributed by atoms with Crippen molar-refractivity contribution in [2.45, 2.75) is 57.2 Å². The summed E-state index contributed by atoms with van der Waals surface area (Å²) in [7, 11) is 0. The Bertz CT molecular complexity index is 569. The smallest absolute Gasteiger partial charge is 0.342 e. The molecular weight excluding hydrogens is 258 g/mol. The number of hydrogen-bond donors (Lipinski definition) is 3. The number of rotatable bonds is 4. The zero-order valence-corrected chi connectivity index (χ0v) is 11.7. The van der Waals surface area contributed by atoms with Crippen LogP contribution in [0.4, 0.5) is 5.82 Å². The first-order chi connectivity index (χ1) is 9.67. The van der Waals surface area contributed by atoms with E-state index in [1.807, 2.05) is 0 Å². The summed E-state index contributed by atoms with van der Waals surface area (Å²) in [5, 5.41) is 9.91. The summed E-state index contributed by atoms with van der Waals surface area (Å²) in [5.41, 5.74) is -0.950. The second-order valence-electron chi connectivity index (χ2n) is 5.79. The fourth-order valence-electron chi connectivity index (χ4n) is 3.52. The topological polar surface area (TPSA) is 93.9 Å². The van der Waals surface area contributed by atoms with Gasteiger partial charge in [0.25, 0.3) is 5.56 Å². The monoisotopic (exact) mass is 279 g/mol. The molecule has 3 N–H and O–H groups in total. The van der Waals surface area contributed by atoms with Gasteiger partial charge >= 0.3 is 5.69 Å². The minimum absolute atomic E-state index is 0.327. The number of fused-ring (bicyclic) bond motifs is 2. The Morgan fingerprint density at radius 2 is 1.95 bits per heavy atom. The summed E-state index contributed by atoms with van der Waals surface area (Å²) < 4.78 is 0. The number of aromatic nitrogens is 3. The van der Waals surface area contributed by atoms with Gasteiger partial charge in [0, 0.05) is 24.7 Å². The average Bonchev–Trinajstić information content (AvgIpc) is 2.76. The molecule has 2 atom stereocenters. The Labute approximate surface area is 116 Å². The van der Waals surface area contributed by atoms with Gasteiger partial charge < -0.3 is 10.2 Å². The summed E-state index contributed by atoms with van der Waals surface area (Å²) >= 11 is 0. The highest BCUT2D eigenvalue weighted by atomic mass is 16.2. The molecule has 0 aliphatic carbocycles. The van der Waals surface area contributed by atoms with Gasteiger partial charge in [0.2, 0.25) is 5.82 Å². The standard InChI is InChI=1S/C13H21N5O2/c1-2-5-18(11-12(19)15-13(20)17-16-11)10-6-8-3-4-9(7-10)14-8/h8-10,14H,2-7H2,1H3,(H2,15,17,19,20). The second kappa shape index (κ2) is 5.40. The van der Waals surface area contributed by atoms with Gasteiger partial charge in [0.15, 0.2) is 0 Å². The molecule has 2 aliphatic heterocycles. The molecule has 0 saturated carbocycles. The van der Waals surface area contributed by atoms with Crippen LogP contribution in [0.3, 0.4) is 0 Å². The van der Waals surface area contributed by atoms with E-state index in [9.17, 15) is 9.59 Å². The molecule has 0 spiro atoms. The number of hydrogen-bond acceptors (Lipinski definition) is 5. The lowest BCUT2D eigenvalue weighted by Crippen LogP contribution is -2.50. The van der Waals surface area contributed by atoms with Crippen molar-refractivity contribution in [3.63, 3.8) is 0 Å². The SMILES string of the molecule is CCCN(c1n[nH]c(=O)[nH]c1=O)C1CC2CCC(C1)N2. The number of aromatic amines is 2. The number of H-pyrrole nitrogens is 2. The van der Waals surface area contributed by atoms with E-state index in [0.717, 1.165) is 25.8 Å². The average molecular weight is 279 g/mol. The first-order valence-electron chi connectivity index (χ1n) is 7.39. The summed E-state index contributed by atoms with van der Waals surface area (Å²) in [6.07, 6.45) is 5.46. The van der Waals surface area contributed by atoms with Crippen LogP contribution >= 0.6 is 0 Å². The van der Waals surface area contributed by atoms with E-state index >= 15 is 0 Å². The first kappa shape index (κ1) is 13.4. The molecule has 2 bridgehead atoms. The van der Waals surface area contributed by atoms with Crippen molar-refractivity contribution in [3.05, 3.63) is 20.8 Å². The molecule has 2 saturated heterocycles. The molecule has 2 aliphatic rings. The zero-order valence-electron chi connectivity index (χ0n) is 11.7. The summed E-state index contributed by atoms with van der Waals surface area (Å²) in [5.74, 6) is 0.345. The molecule has 7 nitrogen and oxygen atoms in total. The van der Waals surface area contributed by atoms with Crippen LogP contribution in [0.15, 0.2) is 9.59 Å². The lowest BCUT2D eigenvalue weighted by Gasteiger charge is -2.37. The fraction of sp³-hybridized carbons (Fsp3) is 0.769. The number of nitrogens with zero attached hydrogens (tertiary/aromatic N) is 2. The molecule has 2 fully saturated rings. The fourth-order valence-corrected chi connectivity index (χ4v) is 3.52. The van der Waals surface area contributed by atoms with E-state index in [1.165, 1.54) is 12.8 Å². The lowest BCUT2D eigenvalue weighted by atomic mass is 9.98. The Balaban J connectivity index is 1.88. The molecule has 1 aromatic rings. The van der Waals surface area contributed by atoms with E-state index in [0.29, 0.717) is 23.9 Å². The molecule has 0 aromatic carbocycles. The van der Waals surface area contributed by atoms with E-state index in [1.54, 1.807) is 0 Å². The highest BCUT2D eigenvalue weighted by Crippen LogP contribution is 2.30. The molecule has 20 heavy (non-hydrogen) atoms. The van der Waals surface area contributed by atoms with Gasteiger partial charge in [-0.1, -0.05) is 6.92 Å². The predicted molar refractivity (Wildman–Crippen MR) is 76.1 cm³/mol. The molecule has 3 rings (SSSR count). The van der Waals surface area contributed by atoms with Crippen LogP contribution in [0.2, 0.25) is 0 Å². The maximum atomic E-state index is 12.0. The quantitative estimate of drug-likeness (QED) is 0.719.